The molecule has 1 aliphatic heterocycles. The molecule has 0 atom stereocenters. The molecule has 3 heterocycles. The highest BCUT2D eigenvalue weighted by atomic mass is 16.5. The van der Waals surface area contributed by atoms with Crippen LogP contribution in [-0.4, -0.2) is 34.2 Å². The highest BCUT2D eigenvalue weighted by Crippen LogP contribution is 2.36. The van der Waals surface area contributed by atoms with E-state index < -0.39 is 0 Å². The van der Waals surface area contributed by atoms with E-state index >= 15 is 0 Å². The second-order valence-corrected chi connectivity index (χ2v) is 6.71. The smallest absolute Gasteiger partial charge is 0.274 e. The first kappa shape index (κ1) is 16.6. The Morgan fingerprint density at radius 3 is 2.93 bits per heavy atom. The molecule has 0 saturated carbocycles. The molecular formula is C21H18N4O3. The van der Waals surface area contributed by atoms with E-state index in [2.05, 4.69) is 15.1 Å². The summed E-state index contributed by atoms with van der Waals surface area (Å²) in [7, 11) is 0. The summed E-state index contributed by atoms with van der Waals surface area (Å²) in [6, 6.07) is 15.6. The number of nitrogens with zero attached hydrogens (tertiary/aromatic N) is 3. The molecule has 140 valence electrons. The van der Waals surface area contributed by atoms with Gasteiger partial charge in [0.1, 0.15) is 11.4 Å². The average Bonchev–Trinajstić information content (AvgIpc) is 3.37. The van der Waals surface area contributed by atoms with Crippen LogP contribution in [-0.2, 0) is 4.79 Å². The molecule has 0 radical (unpaired) electrons. The number of amides is 1. The fraction of sp³-hybridized carbons (Fsp3) is 0.190. The van der Waals surface area contributed by atoms with E-state index in [9.17, 15) is 4.79 Å². The van der Waals surface area contributed by atoms with E-state index in [4.69, 9.17) is 9.26 Å². The quantitative estimate of drug-likeness (QED) is 0.583. The van der Waals surface area contributed by atoms with Crippen molar-refractivity contribution in [2.45, 2.75) is 13.3 Å². The number of benzene rings is 2. The van der Waals surface area contributed by atoms with Gasteiger partial charge in [0.15, 0.2) is 6.61 Å². The van der Waals surface area contributed by atoms with Crippen molar-refractivity contribution >= 4 is 22.5 Å². The molecule has 28 heavy (non-hydrogen) atoms. The van der Waals surface area contributed by atoms with Crippen LogP contribution in [0, 0.1) is 0 Å². The van der Waals surface area contributed by atoms with Gasteiger partial charge in [-0.15, -0.1) is 0 Å². The Labute approximate surface area is 160 Å². The molecule has 4 aromatic rings. The summed E-state index contributed by atoms with van der Waals surface area (Å²) >= 11 is 0. The number of rotatable bonds is 4. The summed E-state index contributed by atoms with van der Waals surface area (Å²) in [5.74, 6) is 1.53. The normalized spacial score (nSPS) is 13.6. The lowest BCUT2D eigenvalue weighted by Gasteiger charge is -2.29. The number of ether oxygens (including phenoxy) is 1. The topological polar surface area (TPSA) is 84.3 Å². The third kappa shape index (κ3) is 2.72. The van der Waals surface area contributed by atoms with Crippen molar-refractivity contribution < 1.29 is 14.1 Å². The summed E-state index contributed by atoms with van der Waals surface area (Å²) in [5, 5.41) is 5.20. The van der Waals surface area contributed by atoms with Gasteiger partial charge < -0.3 is 19.1 Å². The zero-order valence-corrected chi connectivity index (χ0v) is 15.3. The molecule has 0 fully saturated rings. The van der Waals surface area contributed by atoms with Crippen LogP contribution in [0.1, 0.15) is 13.3 Å². The maximum absolute atomic E-state index is 12.2. The van der Waals surface area contributed by atoms with Crippen molar-refractivity contribution in [3.63, 3.8) is 0 Å². The highest BCUT2D eigenvalue weighted by molar-refractivity contribution is 5.98. The maximum Gasteiger partial charge on any atom is 0.274 e. The Morgan fingerprint density at radius 2 is 2.07 bits per heavy atom. The first-order chi connectivity index (χ1) is 13.7. The number of nitrogens with one attached hydrogen (secondary N) is 1. The lowest BCUT2D eigenvalue weighted by molar-refractivity contribution is -0.121. The molecule has 7 heteroatoms. The van der Waals surface area contributed by atoms with Gasteiger partial charge in [0.2, 0.25) is 5.82 Å². The number of anilines is 1. The molecule has 1 N–H and O–H groups in total. The maximum atomic E-state index is 12.2. The van der Waals surface area contributed by atoms with E-state index in [0.717, 1.165) is 34.3 Å². The Balaban J connectivity index is 1.51. The molecule has 1 aliphatic rings. The molecule has 0 spiro atoms. The lowest BCUT2D eigenvalue weighted by atomic mass is 10.1. The molecule has 0 saturated heterocycles. The van der Waals surface area contributed by atoms with Crippen LogP contribution in [0.5, 0.6) is 5.75 Å². The van der Waals surface area contributed by atoms with Gasteiger partial charge in [-0.05, 0) is 36.8 Å². The zero-order valence-electron chi connectivity index (χ0n) is 15.3. The number of hydrogen-bond donors (Lipinski definition) is 1. The summed E-state index contributed by atoms with van der Waals surface area (Å²) in [6.07, 6.45) is 0.863. The standard InChI is InChI=1S/C21H18N4O3/c1-2-9-25-17-11-14(7-8-18(17)27-12-19(25)26)20-23-21(28-24-20)16-10-13-5-3-4-6-15(13)22-16/h3-8,10-11,22H,2,9,12H2,1H3. The van der Waals surface area contributed by atoms with E-state index in [0.29, 0.717) is 24.0 Å². The van der Waals surface area contributed by atoms with Gasteiger partial charge in [-0.25, -0.2) is 0 Å². The minimum atomic E-state index is -0.0432. The lowest BCUT2D eigenvalue weighted by Crippen LogP contribution is -2.39. The Morgan fingerprint density at radius 1 is 1.18 bits per heavy atom. The van der Waals surface area contributed by atoms with Crippen LogP contribution in [0.2, 0.25) is 0 Å². The van der Waals surface area contributed by atoms with Gasteiger partial charge in [-0.1, -0.05) is 30.3 Å². The monoisotopic (exact) mass is 374 g/mol. The number of hydrogen-bond acceptors (Lipinski definition) is 5. The molecule has 2 aromatic heterocycles. The van der Waals surface area contributed by atoms with Crippen molar-refractivity contribution in [2.75, 3.05) is 18.1 Å². The van der Waals surface area contributed by atoms with Gasteiger partial charge in [-0.3, -0.25) is 4.79 Å². The minimum Gasteiger partial charge on any atom is -0.482 e. The van der Waals surface area contributed by atoms with Crippen LogP contribution in [0.25, 0.3) is 33.9 Å². The van der Waals surface area contributed by atoms with Crippen LogP contribution in [0.15, 0.2) is 53.1 Å². The van der Waals surface area contributed by atoms with Gasteiger partial charge >= 0.3 is 0 Å². The second kappa shape index (κ2) is 6.53. The molecule has 0 bridgehead atoms. The Hall–Kier alpha value is -3.61. The molecular weight excluding hydrogens is 356 g/mol. The van der Waals surface area contributed by atoms with Crippen LogP contribution in [0.4, 0.5) is 5.69 Å². The predicted molar refractivity (Wildman–Crippen MR) is 105 cm³/mol. The second-order valence-electron chi connectivity index (χ2n) is 6.71. The molecule has 2 aromatic carbocycles. The van der Waals surface area contributed by atoms with E-state index in [1.807, 2.05) is 55.5 Å². The summed E-state index contributed by atoms with van der Waals surface area (Å²) in [4.78, 5) is 21.8. The predicted octanol–water partition coefficient (Wildman–Crippen LogP) is 4.02. The van der Waals surface area contributed by atoms with Gasteiger partial charge in [0.05, 0.1) is 5.69 Å². The van der Waals surface area contributed by atoms with Crippen molar-refractivity contribution in [1.29, 1.82) is 0 Å². The third-order valence-electron chi connectivity index (χ3n) is 4.79. The molecule has 1 amide bonds. The van der Waals surface area contributed by atoms with Crippen molar-refractivity contribution in [2.24, 2.45) is 0 Å². The van der Waals surface area contributed by atoms with Crippen LogP contribution in [0.3, 0.4) is 0 Å². The summed E-state index contributed by atoms with van der Waals surface area (Å²) < 4.78 is 11.0. The number of carbonyl (C=O) groups is 1. The van der Waals surface area contributed by atoms with E-state index in [-0.39, 0.29) is 12.5 Å². The fourth-order valence-corrected chi connectivity index (χ4v) is 3.45. The van der Waals surface area contributed by atoms with Gasteiger partial charge in [0, 0.05) is 23.0 Å². The van der Waals surface area contributed by atoms with Gasteiger partial charge in [-0.2, -0.15) is 4.98 Å². The number of carbonyl (C=O) groups excluding carboxylic acids is 1. The number of H-pyrrole nitrogens is 1. The van der Waals surface area contributed by atoms with Crippen molar-refractivity contribution in [1.82, 2.24) is 15.1 Å². The molecule has 0 unspecified atom stereocenters. The first-order valence-electron chi connectivity index (χ1n) is 9.22. The molecule has 0 aliphatic carbocycles. The number of fused-ring (bicyclic) bond motifs is 2. The first-order valence-corrected chi connectivity index (χ1v) is 9.22. The van der Waals surface area contributed by atoms with Crippen molar-refractivity contribution in [3.05, 3.63) is 48.5 Å². The van der Waals surface area contributed by atoms with Crippen LogP contribution >= 0.6 is 0 Å². The van der Waals surface area contributed by atoms with E-state index in [1.54, 1.807) is 4.90 Å². The van der Waals surface area contributed by atoms with E-state index in [1.165, 1.54) is 0 Å². The average molecular weight is 374 g/mol. The minimum absolute atomic E-state index is 0.0432. The highest BCUT2D eigenvalue weighted by Gasteiger charge is 2.26. The van der Waals surface area contributed by atoms with Gasteiger partial charge in [0.25, 0.3) is 11.8 Å². The molecule has 5 rings (SSSR count). The Kier molecular flexibility index (Phi) is 3.86. The fourth-order valence-electron chi connectivity index (χ4n) is 3.45. The summed E-state index contributed by atoms with van der Waals surface area (Å²) in [5.41, 5.74) is 3.29. The number of aromatic amines is 1. The third-order valence-corrected chi connectivity index (χ3v) is 4.79. The number of para-hydroxylation sites is 1. The number of aromatic nitrogens is 3. The SMILES string of the molecule is CCCN1C(=O)COc2ccc(-c3noc(-c4cc5ccccc5[nH]4)n3)cc21. The van der Waals surface area contributed by atoms with Crippen LogP contribution < -0.4 is 9.64 Å². The van der Waals surface area contributed by atoms with Crippen molar-refractivity contribution in [3.8, 4) is 28.7 Å². The largest absolute Gasteiger partial charge is 0.482 e. The zero-order chi connectivity index (χ0) is 19.1. The Bertz CT molecular complexity index is 1140. The molecule has 7 nitrogen and oxygen atoms in total. The summed E-state index contributed by atoms with van der Waals surface area (Å²) in [6.45, 7) is 2.75.